The van der Waals surface area contributed by atoms with Gasteiger partial charge in [-0.3, -0.25) is 9.78 Å². The molecule has 0 aliphatic rings. The Kier molecular flexibility index (Phi) is 4.71. The van der Waals surface area contributed by atoms with Crippen LogP contribution in [0, 0.1) is 6.92 Å². The second kappa shape index (κ2) is 6.70. The molecule has 1 aromatic heterocycles. The third-order valence-corrected chi connectivity index (χ3v) is 3.07. The largest absolute Gasteiger partial charge is 0.492 e. The molecule has 104 valence electrons. The van der Waals surface area contributed by atoms with Crippen LogP contribution in [0.4, 0.5) is 0 Å². The van der Waals surface area contributed by atoms with Gasteiger partial charge in [0.25, 0.3) is 0 Å². The Morgan fingerprint density at radius 2 is 2.05 bits per heavy atom. The summed E-state index contributed by atoms with van der Waals surface area (Å²) in [6.07, 6.45) is 3.32. The van der Waals surface area contributed by atoms with Gasteiger partial charge < -0.3 is 9.47 Å². The molecule has 0 radical (unpaired) electrons. The van der Waals surface area contributed by atoms with E-state index in [2.05, 4.69) is 4.98 Å². The van der Waals surface area contributed by atoms with Crippen molar-refractivity contribution in [3.63, 3.8) is 0 Å². The predicted molar refractivity (Wildman–Crippen MR) is 75.7 cm³/mol. The zero-order valence-corrected chi connectivity index (χ0v) is 11.6. The van der Waals surface area contributed by atoms with Crippen LogP contribution in [0.25, 0.3) is 0 Å². The molecule has 0 N–H and O–H groups in total. The number of para-hydroxylation sites is 1. The average Bonchev–Trinajstić information content (AvgIpc) is 2.50. The monoisotopic (exact) mass is 271 g/mol. The molecule has 1 aromatic carbocycles. The summed E-state index contributed by atoms with van der Waals surface area (Å²) < 4.78 is 10.6. The minimum atomic E-state index is -0.478. The van der Waals surface area contributed by atoms with E-state index in [0.29, 0.717) is 0 Å². The molecular weight excluding hydrogens is 254 g/mol. The highest BCUT2D eigenvalue weighted by Crippen LogP contribution is 2.21. The normalized spacial score (nSPS) is 11.7. The van der Waals surface area contributed by atoms with Crippen LogP contribution in [0.5, 0.6) is 5.75 Å². The van der Waals surface area contributed by atoms with Crippen molar-refractivity contribution in [3.8, 4) is 5.75 Å². The molecule has 20 heavy (non-hydrogen) atoms. The van der Waals surface area contributed by atoms with E-state index in [1.807, 2.05) is 37.3 Å². The topological polar surface area (TPSA) is 48.4 Å². The maximum absolute atomic E-state index is 11.9. The summed E-state index contributed by atoms with van der Waals surface area (Å²) in [5.74, 6) is -0.0369. The van der Waals surface area contributed by atoms with Crippen LogP contribution in [-0.2, 0) is 9.53 Å². The summed E-state index contributed by atoms with van der Waals surface area (Å²) >= 11 is 0. The third-order valence-electron chi connectivity index (χ3n) is 3.07. The van der Waals surface area contributed by atoms with Crippen molar-refractivity contribution in [2.75, 3.05) is 13.7 Å². The molecule has 1 heterocycles. The van der Waals surface area contributed by atoms with E-state index in [-0.39, 0.29) is 12.6 Å². The van der Waals surface area contributed by atoms with Crippen LogP contribution in [0.3, 0.4) is 0 Å². The number of hydrogen-bond acceptors (Lipinski definition) is 4. The lowest BCUT2D eigenvalue weighted by Crippen LogP contribution is -2.21. The number of hydrogen-bond donors (Lipinski definition) is 0. The fourth-order valence-corrected chi connectivity index (χ4v) is 1.92. The van der Waals surface area contributed by atoms with Gasteiger partial charge in [0.1, 0.15) is 18.3 Å². The number of ether oxygens (including phenoxy) is 2. The lowest BCUT2D eigenvalue weighted by atomic mass is 10.0. The van der Waals surface area contributed by atoms with Crippen LogP contribution in [0.15, 0.2) is 48.8 Å². The first kappa shape index (κ1) is 14.1. The summed E-state index contributed by atoms with van der Waals surface area (Å²) in [5, 5.41) is 0. The van der Waals surface area contributed by atoms with Crippen molar-refractivity contribution in [2.24, 2.45) is 0 Å². The molecule has 2 rings (SSSR count). The predicted octanol–water partition coefficient (Wildman–Crippen LogP) is 2.73. The summed E-state index contributed by atoms with van der Waals surface area (Å²) in [7, 11) is 1.37. The number of carbonyl (C=O) groups is 1. The molecule has 1 atom stereocenters. The first-order chi connectivity index (χ1) is 9.72. The van der Waals surface area contributed by atoms with Gasteiger partial charge >= 0.3 is 5.97 Å². The average molecular weight is 271 g/mol. The van der Waals surface area contributed by atoms with Crippen LogP contribution in [-0.4, -0.2) is 24.7 Å². The van der Waals surface area contributed by atoms with Crippen molar-refractivity contribution in [2.45, 2.75) is 12.8 Å². The van der Waals surface area contributed by atoms with Gasteiger partial charge in [-0.2, -0.15) is 0 Å². The Hall–Kier alpha value is -2.36. The number of methoxy groups -OCH3 is 1. The highest BCUT2D eigenvalue weighted by atomic mass is 16.5. The number of benzene rings is 1. The van der Waals surface area contributed by atoms with Crippen molar-refractivity contribution in [1.29, 1.82) is 0 Å². The van der Waals surface area contributed by atoms with Crippen molar-refractivity contribution >= 4 is 5.97 Å². The zero-order valence-electron chi connectivity index (χ0n) is 11.6. The Bertz CT molecular complexity index is 569. The Morgan fingerprint density at radius 3 is 2.70 bits per heavy atom. The number of rotatable bonds is 5. The Balaban J connectivity index is 2.14. The number of aryl methyl sites for hydroxylation is 1. The summed E-state index contributed by atoms with van der Waals surface area (Å²) in [6, 6.07) is 11.3. The molecule has 4 heteroatoms. The van der Waals surface area contributed by atoms with Crippen molar-refractivity contribution < 1.29 is 14.3 Å². The molecular formula is C16H17NO3. The van der Waals surface area contributed by atoms with Crippen LogP contribution >= 0.6 is 0 Å². The van der Waals surface area contributed by atoms with Gasteiger partial charge in [-0.25, -0.2) is 0 Å². The van der Waals surface area contributed by atoms with Crippen LogP contribution in [0.2, 0.25) is 0 Å². The Morgan fingerprint density at radius 1 is 1.25 bits per heavy atom. The standard InChI is InChI=1S/C16H17NO3/c1-12-6-3-4-8-15(12)20-11-14(16(18)19-2)13-7-5-9-17-10-13/h3-10,14H,11H2,1-2H3. The molecule has 0 aliphatic heterocycles. The van der Waals surface area contributed by atoms with E-state index in [1.54, 1.807) is 18.5 Å². The van der Waals surface area contributed by atoms with E-state index in [1.165, 1.54) is 7.11 Å². The van der Waals surface area contributed by atoms with Gasteiger partial charge in [0.05, 0.1) is 7.11 Å². The van der Waals surface area contributed by atoms with Crippen LogP contribution < -0.4 is 4.74 Å². The van der Waals surface area contributed by atoms with Gasteiger partial charge in [0.15, 0.2) is 0 Å². The maximum Gasteiger partial charge on any atom is 0.316 e. The molecule has 0 bridgehead atoms. The number of pyridine rings is 1. The molecule has 1 unspecified atom stereocenters. The number of nitrogens with zero attached hydrogens (tertiary/aromatic N) is 1. The van der Waals surface area contributed by atoms with Crippen molar-refractivity contribution in [1.82, 2.24) is 4.98 Å². The number of carbonyl (C=O) groups excluding carboxylic acids is 1. The molecule has 0 spiro atoms. The highest BCUT2D eigenvalue weighted by molar-refractivity contribution is 5.78. The van der Waals surface area contributed by atoms with Gasteiger partial charge in [0.2, 0.25) is 0 Å². The fourth-order valence-electron chi connectivity index (χ4n) is 1.92. The summed E-state index contributed by atoms with van der Waals surface area (Å²) in [5.41, 5.74) is 1.82. The fraction of sp³-hybridized carbons (Fsp3) is 0.250. The zero-order chi connectivity index (χ0) is 14.4. The molecule has 0 fully saturated rings. The quantitative estimate of drug-likeness (QED) is 0.784. The van der Waals surface area contributed by atoms with E-state index in [9.17, 15) is 4.79 Å². The Labute approximate surface area is 118 Å². The SMILES string of the molecule is COC(=O)C(COc1ccccc1C)c1cccnc1. The van der Waals surface area contributed by atoms with Gasteiger partial charge in [0, 0.05) is 12.4 Å². The molecule has 0 amide bonds. The maximum atomic E-state index is 11.9. The van der Waals surface area contributed by atoms with Gasteiger partial charge in [-0.05, 0) is 30.2 Å². The molecule has 0 saturated carbocycles. The second-order valence-corrected chi connectivity index (χ2v) is 4.44. The first-order valence-electron chi connectivity index (χ1n) is 6.38. The van der Waals surface area contributed by atoms with E-state index in [4.69, 9.17) is 9.47 Å². The summed E-state index contributed by atoms with van der Waals surface area (Å²) in [6.45, 7) is 2.19. The number of esters is 1. The lowest BCUT2D eigenvalue weighted by Gasteiger charge is -2.16. The molecule has 4 nitrogen and oxygen atoms in total. The van der Waals surface area contributed by atoms with Gasteiger partial charge in [-0.1, -0.05) is 24.3 Å². The smallest absolute Gasteiger partial charge is 0.316 e. The second-order valence-electron chi connectivity index (χ2n) is 4.44. The van der Waals surface area contributed by atoms with Gasteiger partial charge in [-0.15, -0.1) is 0 Å². The third kappa shape index (κ3) is 3.35. The van der Waals surface area contributed by atoms with E-state index < -0.39 is 5.92 Å². The van der Waals surface area contributed by atoms with Crippen LogP contribution in [0.1, 0.15) is 17.0 Å². The van der Waals surface area contributed by atoms with Crippen molar-refractivity contribution in [3.05, 3.63) is 59.9 Å². The minimum Gasteiger partial charge on any atom is -0.492 e. The first-order valence-corrected chi connectivity index (χ1v) is 6.38. The molecule has 0 saturated heterocycles. The molecule has 2 aromatic rings. The van der Waals surface area contributed by atoms with E-state index >= 15 is 0 Å². The lowest BCUT2D eigenvalue weighted by molar-refractivity contribution is -0.143. The highest BCUT2D eigenvalue weighted by Gasteiger charge is 2.22. The number of aromatic nitrogens is 1. The summed E-state index contributed by atoms with van der Waals surface area (Å²) in [4.78, 5) is 15.9. The molecule has 0 aliphatic carbocycles. The van der Waals surface area contributed by atoms with E-state index in [0.717, 1.165) is 16.9 Å². The minimum absolute atomic E-state index is 0.225.